The zero-order valence-corrected chi connectivity index (χ0v) is 20.8. The minimum Gasteiger partial charge on any atom is -0.465 e. The van der Waals surface area contributed by atoms with Crippen molar-refractivity contribution in [1.82, 2.24) is 14.7 Å². The number of benzene rings is 1. The van der Waals surface area contributed by atoms with Gasteiger partial charge >= 0.3 is 6.09 Å². The van der Waals surface area contributed by atoms with E-state index in [9.17, 15) is 20.0 Å². The smallest absolute Gasteiger partial charge is 0.407 e. The maximum Gasteiger partial charge on any atom is 0.407 e. The number of ether oxygens (including phenoxy) is 1. The van der Waals surface area contributed by atoms with Gasteiger partial charge in [-0.05, 0) is 49.4 Å². The first kappa shape index (κ1) is 25.9. The van der Waals surface area contributed by atoms with Gasteiger partial charge < -0.3 is 24.5 Å². The monoisotopic (exact) mass is 492 g/mol. The van der Waals surface area contributed by atoms with E-state index in [1.807, 2.05) is 35.3 Å². The van der Waals surface area contributed by atoms with E-state index in [0.29, 0.717) is 32.7 Å². The fraction of sp³-hybridized carbons (Fsp3) is 0.536. The first-order valence-corrected chi connectivity index (χ1v) is 13.0. The molecule has 2 fully saturated rings. The standard InChI is InChI=1S/C28H36N4O4/c29-22-28(12-10-24(11-13-28)23-7-2-1-3-8-23)36-20-6-15-30-14-5-16-31(19-18-30)26(33)21-25-9-4-17-32(25)27(34)35/h1-3,7-8,10-12,25H,4-6,9,13-21H2,(H,34,35)/t25-,28?/m0/s1. The van der Waals surface area contributed by atoms with Crippen molar-refractivity contribution >= 4 is 17.6 Å². The molecule has 36 heavy (non-hydrogen) atoms. The maximum absolute atomic E-state index is 12.8. The Balaban J connectivity index is 1.18. The normalized spacial score (nSPS) is 24.8. The van der Waals surface area contributed by atoms with Crippen molar-refractivity contribution in [2.45, 2.75) is 50.2 Å². The average Bonchev–Trinajstić information content (AvgIpc) is 3.24. The fourth-order valence-corrected chi connectivity index (χ4v) is 5.31. The van der Waals surface area contributed by atoms with Crippen LogP contribution in [0.3, 0.4) is 0 Å². The molecule has 2 atom stereocenters. The number of likely N-dealkylation sites (tertiary alicyclic amines) is 1. The van der Waals surface area contributed by atoms with Crippen LogP contribution in [0.2, 0.25) is 0 Å². The van der Waals surface area contributed by atoms with Gasteiger partial charge in [0.15, 0.2) is 5.60 Å². The van der Waals surface area contributed by atoms with Crippen molar-refractivity contribution in [2.75, 3.05) is 45.9 Å². The van der Waals surface area contributed by atoms with E-state index in [4.69, 9.17) is 4.74 Å². The lowest BCUT2D eigenvalue weighted by Gasteiger charge is -2.27. The van der Waals surface area contributed by atoms with Crippen molar-refractivity contribution in [1.29, 1.82) is 5.26 Å². The summed E-state index contributed by atoms with van der Waals surface area (Å²) in [5.41, 5.74) is 1.33. The topological polar surface area (TPSA) is 97.1 Å². The van der Waals surface area contributed by atoms with Gasteiger partial charge in [0.25, 0.3) is 0 Å². The Kier molecular flexibility index (Phi) is 8.79. The van der Waals surface area contributed by atoms with Crippen LogP contribution in [0, 0.1) is 11.3 Å². The molecule has 1 unspecified atom stereocenters. The molecule has 0 bridgehead atoms. The Morgan fingerprint density at radius 3 is 2.67 bits per heavy atom. The molecule has 0 radical (unpaired) electrons. The summed E-state index contributed by atoms with van der Waals surface area (Å²) in [5, 5.41) is 19.1. The summed E-state index contributed by atoms with van der Waals surface area (Å²) in [7, 11) is 0. The van der Waals surface area contributed by atoms with E-state index in [2.05, 4.69) is 29.2 Å². The molecular formula is C28H36N4O4. The molecule has 1 aromatic rings. The fourth-order valence-electron chi connectivity index (χ4n) is 5.31. The van der Waals surface area contributed by atoms with E-state index in [-0.39, 0.29) is 18.4 Å². The lowest BCUT2D eigenvalue weighted by molar-refractivity contribution is -0.132. The van der Waals surface area contributed by atoms with Crippen LogP contribution in [0.15, 0.2) is 48.6 Å². The van der Waals surface area contributed by atoms with Crippen molar-refractivity contribution in [3.8, 4) is 6.07 Å². The summed E-state index contributed by atoms with van der Waals surface area (Å²) in [5.74, 6) is 0.0568. The predicted octanol–water partition coefficient (Wildman–Crippen LogP) is 3.77. The molecule has 2 aliphatic heterocycles. The number of allylic oxidation sites excluding steroid dienone is 2. The third-order valence-electron chi connectivity index (χ3n) is 7.41. The van der Waals surface area contributed by atoms with Crippen LogP contribution in [-0.4, -0.2) is 89.3 Å². The average molecular weight is 493 g/mol. The number of hydrogen-bond donors (Lipinski definition) is 1. The Labute approximate surface area is 213 Å². The van der Waals surface area contributed by atoms with Gasteiger partial charge in [-0.3, -0.25) is 4.79 Å². The van der Waals surface area contributed by atoms with E-state index < -0.39 is 11.7 Å². The molecule has 3 aliphatic rings. The van der Waals surface area contributed by atoms with Gasteiger partial charge in [0.1, 0.15) is 6.07 Å². The highest BCUT2D eigenvalue weighted by atomic mass is 16.5. The highest BCUT2D eigenvalue weighted by molar-refractivity contribution is 5.78. The van der Waals surface area contributed by atoms with Crippen LogP contribution < -0.4 is 0 Å². The second kappa shape index (κ2) is 12.2. The minimum atomic E-state index is -0.927. The summed E-state index contributed by atoms with van der Waals surface area (Å²) in [6.07, 6.45) is 9.12. The molecule has 2 amide bonds. The quantitative estimate of drug-likeness (QED) is 0.555. The Morgan fingerprint density at radius 1 is 1.11 bits per heavy atom. The van der Waals surface area contributed by atoms with E-state index >= 15 is 0 Å². The molecule has 192 valence electrons. The molecule has 4 rings (SSSR count). The lowest BCUT2D eigenvalue weighted by Crippen LogP contribution is -2.41. The van der Waals surface area contributed by atoms with Gasteiger partial charge in [-0.1, -0.05) is 42.5 Å². The van der Waals surface area contributed by atoms with Crippen molar-refractivity contribution in [3.05, 3.63) is 54.1 Å². The zero-order chi connectivity index (χ0) is 25.4. The third-order valence-corrected chi connectivity index (χ3v) is 7.41. The first-order chi connectivity index (χ1) is 17.5. The van der Waals surface area contributed by atoms with Gasteiger partial charge in [0, 0.05) is 51.6 Å². The molecule has 2 saturated heterocycles. The van der Waals surface area contributed by atoms with Crippen molar-refractivity contribution < 1.29 is 19.4 Å². The molecule has 0 aromatic heterocycles. The van der Waals surface area contributed by atoms with Crippen LogP contribution in [-0.2, 0) is 9.53 Å². The molecular weight excluding hydrogens is 456 g/mol. The largest absolute Gasteiger partial charge is 0.465 e. The zero-order valence-electron chi connectivity index (χ0n) is 20.8. The van der Waals surface area contributed by atoms with Gasteiger partial charge in [-0.2, -0.15) is 5.26 Å². The van der Waals surface area contributed by atoms with Crippen molar-refractivity contribution in [3.63, 3.8) is 0 Å². The Hall–Kier alpha value is -3.15. The highest BCUT2D eigenvalue weighted by Crippen LogP contribution is 2.29. The van der Waals surface area contributed by atoms with Gasteiger partial charge in [0.05, 0.1) is 6.61 Å². The van der Waals surface area contributed by atoms with Crippen LogP contribution in [0.4, 0.5) is 4.79 Å². The maximum atomic E-state index is 12.8. The summed E-state index contributed by atoms with van der Waals surface area (Å²) >= 11 is 0. The van der Waals surface area contributed by atoms with Crippen molar-refractivity contribution in [2.24, 2.45) is 0 Å². The third kappa shape index (κ3) is 6.54. The SMILES string of the molecule is N#CC1(OCCCN2CCCN(C(=O)C[C@@H]3CCCN3C(=O)O)CC2)C=CC(c2ccccc2)=CC1. The Bertz CT molecular complexity index is 1020. The summed E-state index contributed by atoms with van der Waals surface area (Å²) in [6.45, 7) is 4.97. The second-order valence-corrected chi connectivity index (χ2v) is 9.82. The number of amides is 2. The van der Waals surface area contributed by atoms with Gasteiger partial charge in [-0.25, -0.2) is 4.79 Å². The highest BCUT2D eigenvalue weighted by Gasteiger charge is 2.32. The molecule has 0 spiro atoms. The number of carbonyl (C=O) groups is 2. The number of carboxylic acid groups (broad SMARTS) is 1. The number of rotatable bonds is 8. The van der Waals surface area contributed by atoms with Gasteiger partial charge in [-0.15, -0.1) is 0 Å². The molecule has 2 heterocycles. The molecule has 8 heteroatoms. The van der Waals surface area contributed by atoms with Crippen LogP contribution in [0.1, 0.15) is 44.1 Å². The Morgan fingerprint density at radius 2 is 1.94 bits per heavy atom. The molecule has 8 nitrogen and oxygen atoms in total. The molecule has 1 aliphatic carbocycles. The van der Waals surface area contributed by atoms with E-state index in [1.54, 1.807) is 0 Å². The molecule has 1 aromatic carbocycles. The van der Waals surface area contributed by atoms with E-state index in [1.165, 1.54) is 4.90 Å². The number of carbonyl (C=O) groups excluding carboxylic acids is 1. The summed E-state index contributed by atoms with van der Waals surface area (Å²) in [4.78, 5) is 29.8. The summed E-state index contributed by atoms with van der Waals surface area (Å²) in [6, 6.07) is 12.3. The van der Waals surface area contributed by atoms with Crippen LogP contribution in [0.5, 0.6) is 0 Å². The molecule has 1 N–H and O–H groups in total. The number of nitriles is 1. The van der Waals surface area contributed by atoms with Gasteiger partial charge in [0.2, 0.25) is 5.91 Å². The van der Waals surface area contributed by atoms with Crippen LogP contribution in [0.25, 0.3) is 5.57 Å². The predicted molar refractivity (Wildman–Crippen MR) is 137 cm³/mol. The number of hydrogen-bond acceptors (Lipinski definition) is 5. The lowest BCUT2D eigenvalue weighted by atomic mass is 9.90. The summed E-state index contributed by atoms with van der Waals surface area (Å²) < 4.78 is 6.05. The second-order valence-electron chi connectivity index (χ2n) is 9.82. The number of nitrogens with zero attached hydrogens (tertiary/aromatic N) is 4. The first-order valence-electron chi connectivity index (χ1n) is 13.0. The minimum absolute atomic E-state index is 0.0568. The van der Waals surface area contributed by atoms with Crippen LogP contribution >= 0.6 is 0 Å². The van der Waals surface area contributed by atoms with E-state index in [0.717, 1.165) is 56.5 Å². The molecule has 0 saturated carbocycles.